The highest BCUT2D eigenvalue weighted by molar-refractivity contribution is 6.33. The number of rotatable bonds is 16. The second kappa shape index (κ2) is 20.5. The fourth-order valence-corrected chi connectivity index (χ4v) is 7.77. The normalized spacial score (nSPS) is 16.0. The van der Waals surface area contributed by atoms with Crippen molar-refractivity contribution in [3.8, 4) is 16.9 Å². The minimum absolute atomic E-state index is 0.0638. The van der Waals surface area contributed by atoms with Gasteiger partial charge in [-0.25, -0.2) is 14.0 Å². The maximum Gasteiger partial charge on any atom is 0.410 e. The smallest absolute Gasteiger partial charge is 0.410 e. The molecule has 62 heavy (non-hydrogen) atoms. The summed E-state index contributed by atoms with van der Waals surface area (Å²) in [6.45, 7) is 11.0. The van der Waals surface area contributed by atoms with Gasteiger partial charge in [0, 0.05) is 59.6 Å². The van der Waals surface area contributed by atoms with Gasteiger partial charge in [-0.05, 0) is 103 Å². The highest BCUT2D eigenvalue weighted by Crippen LogP contribution is 2.40. The molecule has 1 heterocycles. The van der Waals surface area contributed by atoms with E-state index in [1.54, 1.807) is 75.9 Å². The molecule has 0 spiro atoms. The Kier molecular flexibility index (Phi) is 15.6. The first-order valence-corrected chi connectivity index (χ1v) is 20.9. The number of aliphatic carboxylic acids is 1. The van der Waals surface area contributed by atoms with Crippen LogP contribution in [0.4, 0.5) is 14.0 Å². The zero-order valence-corrected chi connectivity index (χ0v) is 37.1. The molecule has 1 aliphatic carbocycles. The first kappa shape index (κ1) is 47.4. The van der Waals surface area contributed by atoms with E-state index in [0.29, 0.717) is 36.8 Å². The fraction of sp³-hybridized carbons (Fsp3) is 0.457. The average molecular weight is 878 g/mol. The average Bonchev–Trinajstić information content (AvgIpc) is 3.63. The van der Waals surface area contributed by atoms with E-state index in [2.05, 4.69) is 5.10 Å². The predicted octanol–water partition coefficient (Wildman–Crippen LogP) is 8.67. The van der Waals surface area contributed by atoms with Gasteiger partial charge >= 0.3 is 18.2 Å². The molecule has 1 aliphatic rings. The summed E-state index contributed by atoms with van der Waals surface area (Å²) in [7, 11) is 1.50. The first-order chi connectivity index (χ1) is 29.2. The van der Waals surface area contributed by atoms with Gasteiger partial charge in [-0.3, -0.25) is 14.3 Å². The number of amides is 3. The number of hydrogen-bond donors (Lipinski definition) is 2. The summed E-state index contributed by atoms with van der Waals surface area (Å²) in [6, 6.07) is 16.9. The number of carbonyl (C=O) groups is 4. The molecule has 0 radical (unpaired) electrons. The van der Waals surface area contributed by atoms with Crippen LogP contribution in [-0.2, 0) is 32.1 Å². The van der Waals surface area contributed by atoms with E-state index in [-0.39, 0.29) is 72.4 Å². The largest absolute Gasteiger partial charge is 0.488 e. The van der Waals surface area contributed by atoms with Gasteiger partial charge in [-0.1, -0.05) is 48.0 Å². The van der Waals surface area contributed by atoms with Gasteiger partial charge in [-0.15, -0.1) is 0 Å². The van der Waals surface area contributed by atoms with Gasteiger partial charge in [0.1, 0.15) is 24.4 Å². The summed E-state index contributed by atoms with van der Waals surface area (Å²) in [5, 5.41) is 13.6. The first-order valence-electron chi connectivity index (χ1n) is 20.6. The van der Waals surface area contributed by atoms with Crippen LogP contribution in [0.25, 0.3) is 11.1 Å². The van der Waals surface area contributed by atoms with Crippen LogP contribution in [0, 0.1) is 5.82 Å². The number of hydrogen-bond acceptors (Lipinski definition) is 9. The van der Waals surface area contributed by atoms with E-state index in [4.69, 9.17) is 36.3 Å². The number of benzene rings is 3. The molecule has 1 unspecified atom stereocenters. The van der Waals surface area contributed by atoms with Crippen LogP contribution in [0.15, 0.2) is 73.1 Å². The number of ether oxygens (including phenoxy) is 4. The number of nitrogens with two attached hydrogens (primary N) is 1. The third-order valence-electron chi connectivity index (χ3n) is 10.3. The maximum atomic E-state index is 16.4. The predicted molar refractivity (Wildman–Crippen MR) is 232 cm³/mol. The van der Waals surface area contributed by atoms with Gasteiger partial charge in [0.15, 0.2) is 11.6 Å². The molecule has 5 rings (SSSR count). The highest BCUT2D eigenvalue weighted by Gasteiger charge is 2.38. The molecule has 0 saturated heterocycles. The van der Waals surface area contributed by atoms with Crippen LogP contribution >= 0.6 is 11.6 Å². The van der Waals surface area contributed by atoms with Crippen LogP contribution in [0.5, 0.6) is 5.75 Å². The lowest BCUT2D eigenvalue weighted by molar-refractivity contribution is -0.137. The van der Waals surface area contributed by atoms with Crippen LogP contribution in [-0.4, -0.2) is 98.9 Å². The molecule has 3 N–H and O–H groups in total. The molecule has 1 saturated carbocycles. The molecule has 16 heteroatoms. The van der Waals surface area contributed by atoms with E-state index in [1.165, 1.54) is 23.9 Å². The Morgan fingerprint density at radius 2 is 1.50 bits per heavy atom. The van der Waals surface area contributed by atoms with Crippen molar-refractivity contribution < 1.29 is 47.6 Å². The summed E-state index contributed by atoms with van der Waals surface area (Å²) in [4.78, 5) is 55.5. The Labute approximate surface area is 367 Å². The van der Waals surface area contributed by atoms with Crippen molar-refractivity contribution >= 4 is 35.7 Å². The summed E-state index contributed by atoms with van der Waals surface area (Å²) in [5.74, 6) is -3.29. The Morgan fingerprint density at radius 1 is 0.887 bits per heavy atom. The number of nitrogens with zero attached hydrogens (tertiary/aromatic N) is 4. The van der Waals surface area contributed by atoms with Gasteiger partial charge in [-0.2, -0.15) is 5.10 Å². The number of primary amides is 1. The van der Waals surface area contributed by atoms with Gasteiger partial charge < -0.3 is 39.6 Å². The van der Waals surface area contributed by atoms with Crippen LogP contribution in [0.3, 0.4) is 0 Å². The van der Waals surface area contributed by atoms with E-state index in [9.17, 15) is 24.3 Å². The fourth-order valence-electron chi connectivity index (χ4n) is 7.56. The standard InChI is InChI=1S/C46H57ClFN5O9/c1-45(2,3)61-43(57)52(26-29-24-50-51(25-29)28-39(54)55)32-14-16-33(17-15-32)53(44(58)62-46(4,5)6)27-36(30-11-9-8-10-12-30)31-13-19-37(47)35(23-31)40-34(42(49)56)18-20-38(41(40)48)60-22-21-59-7/h8-13,18-20,23-25,32-33,36H,14-17,21-22,26-28H2,1-7H3,(H2,49,56)(H,54,55). The summed E-state index contributed by atoms with van der Waals surface area (Å²) < 4.78 is 40.3. The van der Waals surface area contributed by atoms with Crippen LogP contribution < -0.4 is 10.5 Å². The summed E-state index contributed by atoms with van der Waals surface area (Å²) in [5.41, 5.74) is 6.38. The second-order valence-corrected chi connectivity index (χ2v) is 17.8. The van der Waals surface area contributed by atoms with E-state index >= 15 is 4.39 Å². The molecule has 0 aliphatic heterocycles. The lowest BCUT2D eigenvalue weighted by Gasteiger charge is -2.42. The van der Waals surface area contributed by atoms with E-state index < -0.39 is 47.0 Å². The van der Waals surface area contributed by atoms with E-state index in [0.717, 1.165) is 5.56 Å². The zero-order valence-electron chi connectivity index (χ0n) is 36.4. The third kappa shape index (κ3) is 12.7. The molecule has 3 amide bonds. The lowest BCUT2D eigenvalue weighted by atomic mass is 9.85. The number of carboxylic acid groups (broad SMARTS) is 1. The topological polar surface area (TPSA) is 176 Å². The Bertz CT molecular complexity index is 2200. The Balaban J connectivity index is 1.51. The zero-order chi connectivity index (χ0) is 45.4. The van der Waals surface area contributed by atoms with Crippen molar-refractivity contribution in [2.75, 3.05) is 26.9 Å². The SMILES string of the molecule is COCCOc1ccc(C(N)=O)c(-c2cc(C(CN(C(=O)OC(C)(C)C)C3CCC(N(Cc4cnn(CC(=O)O)c4)C(=O)OC(C)(C)C)CC3)c3ccccc3)ccc2Cl)c1F. The maximum absolute atomic E-state index is 16.4. The summed E-state index contributed by atoms with van der Waals surface area (Å²) in [6.07, 6.45) is 4.17. The highest BCUT2D eigenvalue weighted by atomic mass is 35.5. The minimum atomic E-state index is -1.04. The van der Waals surface area contributed by atoms with Crippen molar-refractivity contribution in [2.45, 2.75) is 110 Å². The molecular formula is C46H57ClFN5O9. The second-order valence-electron chi connectivity index (χ2n) is 17.4. The number of carboxylic acids is 1. The molecule has 14 nitrogen and oxygen atoms in total. The molecular weight excluding hydrogens is 821 g/mol. The monoisotopic (exact) mass is 877 g/mol. The quantitative estimate of drug-likeness (QED) is 0.104. The molecule has 334 valence electrons. The number of carbonyl (C=O) groups excluding carboxylic acids is 3. The lowest BCUT2D eigenvalue weighted by Crippen LogP contribution is -2.50. The van der Waals surface area contributed by atoms with Gasteiger partial charge in [0.25, 0.3) is 0 Å². The van der Waals surface area contributed by atoms with Crippen LogP contribution in [0.1, 0.15) is 100 Å². The number of methoxy groups -OCH3 is 1. The molecule has 1 aromatic heterocycles. The van der Waals surface area contributed by atoms with Crippen molar-refractivity contribution in [1.29, 1.82) is 0 Å². The molecule has 1 fully saturated rings. The molecule has 3 aromatic carbocycles. The van der Waals surface area contributed by atoms with Gasteiger partial charge in [0.2, 0.25) is 5.91 Å². The molecule has 1 atom stereocenters. The van der Waals surface area contributed by atoms with Crippen molar-refractivity contribution in [1.82, 2.24) is 19.6 Å². The Hall–Kier alpha value is -5.67. The van der Waals surface area contributed by atoms with Crippen molar-refractivity contribution in [3.63, 3.8) is 0 Å². The Morgan fingerprint density at radius 3 is 2.08 bits per heavy atom. The molecule has 4 aromatic rings. The van der Waals surface area contributed by atoms with Crippen molar-refractivity contribution in [2.24, 2.45) is 5.73 Å². The van der Waals surface area contributed by atoms with Crippen LogP contribution in [0.2, 0.25) is 5.02 Å². The van der Waals surface area contributed by atoms with Gasteiger partial charge in [0.05, 0.1) is 24.9 Å². The van der Waals surface area contributed by atoms with Crippen molar-refractivity contribution in [3.05, 3.63) is 106 Å². The van der Waals surface area contributed by atoms with E-state index in [1.807, 2.05) is 36.4 Å². The number of halogens is 2. The summed E-state index contributed by atoms with van der Waals surface area (Å²) >= 11 is 6.80. The third-order valence-corrected chi connectivity index (χ3v) is 10.6. The molecule has 0 bridgehead atoms. The minimum Gasteiger partial charge on any atom is -0.488 e. The number of aromatic nitrogens is 2.